The van der Waals surface area contributed by atoms with Gasteiger partial charge in [0.15, 0.2) is 5.57 Å². The van der Waals surface area contributed by atoms with Crippen LogP contribution in [0, 0.1) is 11.3 Å². The van der Waals surface area contributed by atoms with Crippen molar-refractivity contribution in [3.05, 3.63) is 34.2 Å². The number of nitrogens with one attached hydrogen (secondary N) is 1. The Morgan fingerprint density at radius 3 is 2.67 bits per heavy atom. The minimum absolute atomic E-state index is 0.180. The first-order valence-electron chi connectivity index (χ1n) is 4.93. The van der Waals surface area contributed by atoms with E-state index in [9.17, 15) is 4.79 Å². The third-order valence-corrected chi connectivity index (χ3v) is 2.40. The Morgan fingerprint density at radius 1 is 1.56 bits per heavy atom. The van der Waals surface area contributed by atoms with Gasteiger partial charge >= 0.3 is 5.97 Å². The highest BCUT2D eigenvalue weighted by Crippen LogP contribution is 2.28. The number of hydrogen-bond acceptors (Lipinski definition) is 5. The van der Waals surface area contributed by atoms with E-state index in [0.29, 0.717) is 5.69 Å². The van der Waals surface area contributed by atoms with E-state index in [2.05, 4.69) is 10.3 Å². The summed E-state index contributed by atoms with van der Waals surface area (Å²) in [4.78, 5) is 15.1. The fourth-order valence-electron chi connectivity index (χ4n) is 1.04. The van der Waals surface area contributed by atoms with Crippen LogP contribution in [-0.4, -0.2) is 17.6 Å². The van der Waals surface area contributed by atoms with E-state index in [1.807, 2.05) is 0 Å². The number of esters is 1. The number of carbonyl (C=O) groups excluding carboxylic acids is 1. The first-order valence-corrected chi connectivity index (χ1v) is 5.68. The van der Waals surface area contributed by atoms with E-state index in [-0.39, 0.29) is 22.2 Å². The molecule has 94 valence electrons. The number of rotatable bonds is 4. The van der Waals surface area contributed by atoms with E-state index in [1.54, 1.807) is 13.0 Å². The van der Waals surface area contributed by atoms with Gasteiger partial charge in [-0.15, -0.1) is 0 Å². The molecule has 0 saturated carbocycles. The molecule has 0 atom stereocenters. The number of hydrogen-bond donors (Lipinski definition) is 1. The molecule has 1 N–H and O–H groups in total. The van der Waals surface area contributed by atoms with Crippen molar-refractivity contribution < 1.29 is 9.53 Å². The van der Waals surface area contributed by atoms with Crippen LogP contribution in [0.1, 0.15) is 6.92 Å². The lowest BCUT2D eigenvalue weighted by molar-refractivity contribution is -0.138. The summed E-state index contributed by atoms with van der Waals surface area (Å²) in [5, 5.41) is 12.0. The number of ether oxygens (including phenoxy) is 1. The van der Waals surface area contributed by atoms with Crippen LogP contribution in [-0.2, 0) is 9.53 Å². The summed E-state index contributed by atoms with van der Waals surface area (Å²) in [6.07, 6.45) is 3.96. The summed E-state index contributed by atoms with van der Waals surface area (Å²) in [5.41, 5.74) is 0.186. The van der Waals surface area contributed by atoms with Gasteiger partial charge in [-0.2, -0.15) is 5.26 Å². The molecule has 0 aromatic carbocycles. The average molecular weight is 286 g/mol. The van der Waals surface area contributed by atoms with Gasteiger partial charge in [-0.1, -0.05) is 23.2 Å². The molecule has 1 rings (SSSR count). The van der Waals surface area contributed by atoms with Crippen LogP contribution >= 0.6 is 23.2 Å². The predicted molar refractivity (Wildman–Crippen MR) is 68.2 cm³/mol. The Labute approximate surface area is 114 Å². The zero-order valence-corrected chi connectivity index (χ0v) is 10.9. The number of nitriles is 1. The maximum Gasteiger partial charge on any atom is 0.350 e. The summed E-state index contributed by atoms with van der Waals surface area (Å²) in [6, 6.07) is 1.72. The molecule has 0 radical (unpaired) electrons. The second-order valence-electron chi connectivity index (χ2n) is 3.01. The number of anilines is 1. The molecular formula is C11H9Cl2N3O2. The fourth-order valence-corrected chi connectivity index (χ4v) is 1.51. The summed E-state index contributed by atoms with van der Waals surface area (Å²) in [6.45, 7) is 1.84. The molecule has 1 aromatic rings. The van der Waals surface area contributed by atoms with Crippen molar-refractivity contribution in [1.82, 2.24) is 4.98 Å². The molecule has 0 aliphatic heterocycles. The van der Waals surface area contributed by atoms with Crippen LogP contribution in [0.25, 0.3) is 0 Å². The molecule has 0 aliphatic carbocycles. The molecule has 1 aromatic heterocycles. The molecule has 7 heteroatoms. The van der Waals surface area contributed by atoms with Crippen molar-refractivity contribution in [3.8, 4) is 6.07 Å². The van der Waals surface area contributed by atoms with Crippen LogP contribution in [0.15, 0.2) is 24.2 Å². The highest BCUT2D eigenvalue weighted by Gasteiger charge is 2.10. The molecule has 0 spiro atoms. The minimum Gasteiger partial charge on any atom is -0.462 e. The second kappa shape index (κ2) is 6.84. The quantitative estimate of drug-likeness (QED) is 0.523. The molecule has 0 amide bonds. The SMILES string of the molecule is CCOC(=O)/C(C#N)=C/Nc1c(Cl)cncc1Cl. The van der Waals surface area contributed by atoms with Crippen molar-refractivity contribution in [1.29, 1.82) is 5.26 Å². The normalized spacial score (nSPS) is 10.7. The lowest BCUT2D eigenvalue weighted by Gasteiger charge is -2.06. The minimum atomic E-state index is -0.714. The van der Waals surface area contributed by atoms with Crippen molar-refractivity contribution >= 4 is 34.9 Å². The molecule has 0 fully saturated rings. The Balaban J connectivity index is 2.91. The van der Waals surface area contributed by atoms with Crippen LogP contribution < -0.4 is 5.32 Å². The van der Waals surface area contributed by atoms with Gasteiger partial charge in [0, 0.05) is 18.6 Å². The molecule has 0 saturated heterocycles. The number of nitrogens with zero attached hydrogens (tertiary/aromatic N) is 2. The Hall–Kier alpha value is -1.77. The third kappa shape index (κ3) is 3.62. The molecule has 1 heterocycles. The molecular weight excluding hydrogens is 277 g/mol. The summed E-state index contributed by atoms with van der Waals surface area (Å²) < 4.78 is 4.70. The zero-order chi connectivity index (χ0) is 13.5. The number of pyridine rings is 1. The third-order valence-electron chi connectivity index (χ3n) is 1.83. The smallest absolute Gasteiger partial charge is 0.350 e. The zero-order valence-electron chi connectivity index (χ0n) is 9.41. The highest BCUT2D eigenvalue weighted by molar-refractivity contribution is 6.38. The lowest BCUT2D eigenvalue weighted by atomic mass is 10.3. The van der Waals surface area contributed by atoms with E-state index in [0.717, 1.165) is 0 Å². The van der Waals surface area contributed by atoms with Crippen LogP contribution in [0.4, 0.5) is 5.69 Å². The number of aromatic nitrogens is 1. The molecule has 5 nitrogen and oxygen atoms in total. The molecule has 0 bridgehead atoms. The van der Waals surface area contributed by atoms with Crippen LogP contribution in [0.5, 0.6) is 0 Å². The average Bonchev–Trinajstić information content (AvgIpc) is 2.33. The summed E-state index contributed by atoms with van der Waals surface area (Å²) in [5.74, 6) is -0.714. The van der Waals surface area contributed by atoms with E-state index >= 15 is 0 Å². The van der Waals surface area contributed by atoms with Crippen molar-refractivity contribution in [2.24, 2.45) is 0 Å². The van der Waals surface area contributed by atoms with Gasteiger partial charge in [0.1, 0.15) is 6.07 Å². The lowest BCUT2D eigenvalue weighted by Crippen LogP contribution is -2.08. The van der Waals surface area contributed by atoms with Gasteiger partial charge in [-0.25, -0.2) is 4.79 Å². The maximum atomic E-state index is 11.3. The van der Waals surface area contributed by atoms with Gasteiger partial charge in [0.25, 0.3) is 0 Å². The predicted octanol–water partition coefficient (Wildman–Crippen LogP) is 2.77. The van der Waals surface area contributed by atoms with Gasteiger partial charge in [0.2, 0.25) is 0 Å². The van der Waals surface area contributed by atoms with Gasteiger partial charge in [-0.05, 0) is 6.92 Å². The summed E-state index contributed by atoms with van der Waals surface area (Å²) >= 11 is 11.7. The van der Waals surface area contributed by atoms with E-state index in [4.69, 9.17) is 33.2 Å². The first-order chi connectivity index (χ1) is 8.60. The first kappa shape index (κ1) is 14.3. The van der Waals surface area contributed by atoms with Crippen molar-refractivity contribution in [2.75, 3.05) is 11.9 Å². The number of halogens is 2. The van der Waals surface area contributed by atoms with E-state index < -0.39 is 5.97 Å². The monoisotopic (exact) mass is 285 g/mol. The van der Waals surface area contributed by atoms with Crippen molar-refractivity contribution in [2.45, 2.75) is 6.92 Å². The second-order valence-corrected chi connectivity index (χ2v) is 3.83. The van der Waals surface area contributed by atoms with E-state index in [1.165, 1.54) is 18.6 Å². The molecule has 18 heavy (non-hydrogen) atoms. The largest absolute Gasteiger partial charge is 0.462 e. The number of carbonyl (C=O) groups is 1. The van der Waals surface area contributed by atoms with Gasteiger partial charge < -0.3 is 10.1 Å². The van der Waals surface area contributed by atoms with Crippen LogP contribution in [0.3, 0.4) is 0 Å². The van der Waals surface area contributed by atoms with Gasteiger partial charge in [-0.3, -0.25) is 4.98 Å². The van der Waals surface area contributed by atoms with Crippen LogP contribution in [0.2, 0.25) is 10.0 Å². The Bertz CT molecular complexity index is 503. The Morgan fingerprint density at radius 2 is 2.17 bits per heavy atom. The molecule has 0 aliphatic rings. The van der Waals surface area contributed by atoms with Gasteiger partial charge in [0.05, 0.1) is 22.3 Å². The highest BCUT2D eigenvalue weighted by atomic mass is 35.5. The molecule has 0 unspecified atom stereocenters. The Kier molecular flexibility index (Phi) is 5.43. The topological polar surface area (TPSA) is 75.0 Å². The maximum absolute atomic E-state index is 11.3. The standard InChI is InChI=1S/C11H9Cl2N3O2/c1-2-18-11(17)7(3-14)4-16-10-8(12)5-15-6-9(10)13/h4-6H,2H2,1H3,(H,15,16)/b7-4+. The summed E-state index contributed by atoms with van der Waals surface area (Å²) in [7, 11) is 0. The fraction of sp³-hybridized carbons (Fsp3) is 0.182. The van der Waals surface area contributed by atoms with Crippen molar-refractivity contribution in [3.63, 3.8) is 0 Å².